The van der Waals surface area contributed by atoms with Gasteiger partial charge < -0.3 is 9.73 Å². The number of sulfonamides is 1. The quantitative estimate of drug-likeness (QED) is 0.740. The molecular weight excluding hydrogens is 268 g/mol. The second-order valence-corrected chi connectivity index (χ2v) is 6.26. The van der Waals surface area contributed by atoms with E-state index < -0.39 is 15.6 Å². The van der Waals surface area contributed by atoms with E-state index in [-0.39, 0.29) is 11.9 Å². The molecule has 0 bridgehead atoms. The summed E-state index contributed by atoms with van der Waals surface area (Å²) in [7, 11) is -3.26. The normalized spacial score (nSPS) is 12.7. The summed E-state index contributed by atoms with van der Waals surface area (Å²) in [5.74, 6) is 0.447. The SMILES string of the molecule is CC(C)(CNc1nnc(CCl)o1)NS(C)(=O)=O. The van der Waals surface area contributed by atoms with Crippen LogP contribution in [0.25, 0.3) is 0 Å². The predicted molar refractivity (Wildman–Crippen MR) is 64.4 cm³/mol. The summed E-state index contributed by atoms with van der Waals surface area (Å²) in [4.78, 5) is 0. The van der Waals surface area contributed by atoms with Crippen molar-refractivity contribution in [3.63, 3.8) is 0 Å². The van der Waals surface area contributed by atoms with Crippen LogP contribution in [0.15, 0.2) is 4.42 Å². The standard InChI is InChI=1S/C8H15ClN4O3S/c1-8(2,13-17(3,14)15)5-10-7-12-11-6(4-9)16-7/h13H,4-5H2,1-3H3,(H,10,12). The van der Waals surface area contributed by atoms with Gasteiger partial charge in [-0.3, -0.25) is 0 Å². The smallest absolute Gasteiger partial charge is 0.315 e. The van der Waals surface area contributed by atoms with Crippen molar-refractivity contribution >= 4 is 27.6 Å². The number of nitrogens with zero attached hydrogens (tertiary/aromatic N) is 2. The molecule has 0 aromatic carbocycles. The molecule has 17 heavy (non-hydrogen) atoms. The fourth-order valence-electron chi connectivity index (χ4n) is 1.21. The number of hydrogen-bond donors (Lipinski definition) is 2. The number of rotatable bonds is 6. The van der Waals surface area contributed by atoms with E-state index in [2.05, 4.69) is 20.2 Å². The molecule has 0 atom stereocenters. The van der Waals surface area contributed by atoms with E-state index in [1.54, 1.807) is 13.8 Å². The molecule has 0 spiro atoms. The molecule has 1 aromatic rings. The molecule has 1 aromatic heterocycles. The van der Waals surface area contributed by atoms with Gasteiger partial charge in [-0.15, -0.1) is 16.7 Å². The highest BCUT2D eigenvalue weighted by Gasteiger charge is 2.22. The average Bonchev–Trinajstić information content (AvgIpc) is 2.58. The summed E-state index contributed by atoms with van der Waals surface area (Å²) >= 11 is 5.50. The predicted octanol–water partition coefficient (Wildman–Crippen LogP) is 0.548. The van der Waals surface area contributed by atoms with Crippen LogP contribution in [0, 0.1) is 0 Å². The van der Waals surface area contributed by atoms with Crippen LogP contribution in [-0.4, -0.2) is 37.0 Å². The first-order valence-electron chi connectivity index (χ1n) is 4.83. The third kappa shape index (κ3) is 5.33. The maximum atomic E-state index is 11.1. The Bertz CT molecular complexity index is 471. The first-order valence-corrected chi connectivity index (χ1v) is 7.26. The third-order valence-corrected chi connectivity index (χ3v) is 2.88. The molecule has 0 saturated carbocycles. The number of nitrogens with one attached hydrogen (secondary N) is 2. The molecule has 0 aliphatic carbocycles. The molecule has 7 nitrogen and oxygen atoms in total. The fraction of sp³-hybridized carbons (Fsp3) is 0.750. The van der Waals surface area contributed by atoms with E-state index in [9.17, 15) is 8.42 Å². The van der Waals surface area contributed by atoms with Crippen LogP contribution in [0.2, 0.25) is 0 Å². The molecule has 1 heterocycles. The Morgan fingerprint density at radius 3 is 2.53 bits per heavy atom. The zero-order valence-electron chi connectivity index (χ0n) is 9.82. The Labute approximate surface area is 105 Å². The Hall–Kier alpha value is -0.860. The lowest BCUT2D eigenvalue weighted by atomic mass is 10.1. The van der Waals surface area contributed by atoms with E-state index in [4.69, 9.17) is 16.0 Å². The highest BCUT2D eigenvalue weighted by molar-refractivity contribution is 7.88. The minimum absolute atomic E-state index is 0.139. The minimum atomic E-state index is -3.26. The zero-order chi connectivity index (χ0) is 13.1. The van der Waals surface area contributed by atoms with Crippen LogP contribution in [0.1, 0.15) is 19.7 Å². The van der Waals surface area contributed by atoms with E-state index in [0.29, 0.717) is 12.4 Å². The summed E-state index contributed by atoms with van der Waals surface area (Å²) < 4.78 is 29.8. The van der Waals surface area contributed by atoms with Crippen molar-refractivity contribution in [2.45, 2.75) is 25.3 Å². The van der Waals surface area contributed by atoms with Crippen molar-refractivity contribution in [2.24, 2.45) is 0 Å². The molecule has 98 valence electrons. The van der Waals surface area contributed by atoms with E-state index >= 15 is 0 Å². The van der Waals surface area contributed by atoms with Crippen molar-refractivity contribution in [3.05, 3.63) is 5.89 Å². The largest absolute Gasteiger partial charge is 0.407 e. The molecule has 0 unspecified atom stereocenters. The molecule has 0 fully saturated rings. The molecule has 1 rings (SSSR count). The monoisotopic (exact) mass is 282 g/mol. The highest BCUT2D eigenvalue weighted by Crippen LogP contribution is 2.10. The first-order chi connectivity index (χ1) is 7.72. The highest BCUT2D eigenvalue weighted by atomic mass is 35.5. The average molecular weight is 283 g/mol. The Balaban J connectivity index is 2.54. The van der Waals surface area contributed by atoms with Gasteiger partial charge in [0.2, 0.25) is 15.9 Å². The van der Waals surface area contributed by atoms with E-state index in [1.807, 2.05) is 0 Å². The third-order valence-electron chi connectivity index (χ3n) is 1.72. The summed E-state index contributed by atoms with van der Waals surface area (Å²) in [5, 5.41) is 10.2. The van der Waals surface area contributed by atoms with Crippen molar-refractivity contribution in [3.8, 4) is 0 Å². The summed E-state index contributed by atoms with van der Waals surface area (Å²) in [6.45, 7) is 3.78. The van der Waals surface area contributed by atoms with Gasteiger partial charge in [0.1, 0.15) is 5.88 Å². The molecule has 9 heteroatoms. The van der Waals surface area contributed by atoms with Gasteiger partial charge in [0.15, 0.2) is 0 Å². The van der Waals surface area contributed by atoms with E-state index in [0.717, 1.165) is 6.26 Å². The van der Waals surface area contributed by atoms with Gasteiger partial charge in [0.05, 0.1) is 6.26 Å². The van der Waals surface area contributed by atoms with Gasteiger partial charge in [0.25, 0.3) is 0 Å². The lowest BCUT2D eigenvalue weighted by Gasteiger charge is -2.24. The lowest BCUT2D eigenvalue weighted by molar-refractivity contribution is 0.462. The van der Waals surface area contributed by atoms with Crippen LogP contribution in [0.5, 0.6) is 0 Å². The van der Waals surface area contributed by atoms with Crippen molar-refractivity contribution in [1.82, 2.24) is 14.9 Å². The summed E-state index contributed by atoms with van der Waals surface area (Å²) in [6, 6.07) is 0.212. The number of alkyl halides is 1. The maximum Gasteiger partial charge on any atom is 0.315 e. The fourth-order valence-corrected chi connectivity index (χ4v) is 2.40. The second kappa shape index (κ2) is 5.19. The number of aromatic nitrogens is 2. The van der Waals surface area contributed by atoms with Crippen LogP contribution < -0.4 is 10.0 Å². The lowest BCUT2D eigenvalue weighted by Crippen LogP contribution is -2.47. The van der Waals surface area contributed by atoms with Gasteiger partial charge in [-0.1, -0.05) is 5.10 Å². The topological polar surface area (TPSA) is 97.1 Å². The van der Waals surface area contributed by atoms with Gasteiger partial charge in [0, 0.05) is 12.1 Å². The first kappa shape index (κ1) is 14.2. The maximum absolute atomic E-state index is 11.1. The van der Waals surface area contributed by atoms with Crippen molar-refractivity contribution < 1.29 is 12.8 Å². The molecular formula is C8H15ClN4O3S. The number of halogens is 1. The summed E-state index contributed by atoms with van der Waals surface area (Å²) in [5.41, 5.74) is -0.664. The zero-order valence-corrected chi connectivity index (χ0v) is 11.4. The molecule has 0 aliphatic rings. The van der Waals surface area contributed by atoms with Crippen LogP contribution >= 0.6 is 11.6 Å². The Morgan fingerprint density at radius 2 is 2.06 bits per heavy atom. The van der Waals surface area contributed by atoms with Gasteiger partial charge in [-0.05, 0) is 13.8 Å². The summed E-state index contributed by atoms with van der Waals surface area (Å²) in [6.07, 6.45) is 1.10. The molecule has 0 saturated heterocycles. The molecule has 0 amide bonds. The number of anilines is 1. The van der Waals surface area contributed by atoms with Crippen LogP contribution in [0.3, 0.4) is 0 Å². The number of hydrogen-bond acceptors (Lipinski definition) is 6. The van der Waals surface area contributed by atoms with Crippen molar-refractivity contribution in [1.29, 1.82) is 0 Å². The van der Waals surface area contributed by atoms with Crippen molar-refractivity contribution in [2.75, 3.05) is 18.1 Å². The van der Waals surface area contributed by atoms with Gasteiger partial charge >= 0.3 is 6.01 Å². The minimum Gasteiger partial charge on any atom is -0.407 e. The molecule has 0 radical (unpaired) electrons. The van der Waals surface area contributed by atoms with Gasteiger partial charge in [-0.25, -0.2) is 13.1 Å². The molecule has 0 aliphatic heterocycles. The molecule has 2 N–H and O–H groups in total. The Kier molecular flexibility index (Phi) is 4.34. The van der Waals surface area contributed by atoms with Crippen LogP contribution in [0.4, 0.5) is 6.01 Å². The second-order valence-electron chi connectivity index (χ2n) is 4.25. The Morgan fingerprint density at radius 1 is 1.41 bits per heavy atom. The van der Waals surface area contributed by atoms with E-state index in [1.165, 1.54) is 0 Å². The van der Waals surface area contributed by atoms with Gasteiger partial charge in [-0.2, -0.15) is 0 Å². The van der Waals surface area contributed by atoms with Crippen LogP contribution in [-0.2, 0) is 15.9 Å².